The molecule has 0 aromatic heterocycles. The van der Waals surface area contributed by atoms with E-state index >= 15 is 0 Å². The highest BCUT2D eigenvalue weighted by atomic mass is 16.7. The van der Waals surface area contributed by atoms with Crippen molar-refractivity contribution in [2.75, 3.05) is 28.2 Å². The third-order valence-electron chi connectivity index (χ3n) is 23.5. The predicted molar refractivity (Wildman–Crippen MR) is 365 cm³/mol. The maximum Gasteiger partial charge on any atom is 0.311 e. The summed E-state index contributed by atoms with van der Waals surface area (Å²) in [4.78, 5) is 60.2. The number of carbonyl (C=O) groups excluding carboxylic acids is 4. The van der Waals surface area contributed by atoms with Crippen molar-refractivity contribution in [3.63, 3.8) is 0 Å². The van der Waals surface area contributed by atoms with E-state index in [4.69, 9.17) is 56.8 Å². The van der Waals surface area contributed by atoms with E-state index in [1.807, 2.05) is 102 Å². The van der Waals surface area contributed by atoms with Gasteiger partial charge in [0, 0.05) is 55.5 Å². The van der Waals surface area contributed by atoms with E-state index in [1.165, 1.54) is 13.8 Å². The number of ether oxygens (including phenoxy) is 12. The van der Waals surface area contributed by atoms with Gasteiger partial charge >= 0.3 is 11.9 Å². The van der Waals surface area contributed by atoms with Gasteiger partial charge in [-0.05, 0) is 173 Å². The van der Waals surface area contributed by atoms with Gasteiger partial charge in [-0.2, -0.15) is 0 Å². The zero-order chi connectivity index (χ0) is 73.9. The molecule has 8 rings (SSSR count). The van der Waals surface area contributed by atoms with Crippen LogP contribution in [0.4, 0.5) is 0 Å². The molecule has 8 aliphatic heterocycles. The number of carbonyl (C=O) groups is 4. The lowest BCUT2D eigenvalue weighted by molar-refractivity contribution is -0.311. The summed E-state index contributed by atoms with van der Waals surface area (Å²) in [6, 6.07) is -0.0201. The highest BCUT2D eigenvalue weighted by Gasteiger charge is 2.59. The molecule has 8 aliphatic rings. The third kappa shape index (κ3) is 16.9. The van der Waals surface area contributed by atoms with Gasteiger partial charge < -0.3 is 92.2 Å². The van der Waals surface area contributed by atoms with Crippen LogP contribution in [-0.2, 0) is 76.0 Å². The van der Waals surface area contributed by atoms with Gasteiger partial charge in [-0.3, -0.25) is 19.2 Å². The standard InChI is InChI=1S/C38H65NO10.C37H63NO11/c1-15-27-38(12,43)31(40)22(5)29-19(2)17-37(11,49-29)33(48-35-21(4)26(39(13)14)16-20(3)44-35)23(6)30(24(7)34(42)46-27)47-28-18-36(9,10)32(41)25(8)45-28;1-14-25-37(11,43)30(40)20(4)28-18(2)16-36(10,49-28)32(48-34-27(39)24(38(12)13)15-19(3)44-34)21(5)29(22(6)33(42)46-25)47-26-17-35(8,9)31(41)23(7)45-26/h20-28,30,32-33,35,41,43H,15-18H2,1-14H3;19-27,29,31-32,34,39,41,43H,14-17H2,1-13H3/t20-,21-,22+,23+,24-,25+,26+,27-,28+,30+,32+,33-,35+,37+,38-;19-,20+,21+,22-,23+,24+,25-,26+,27-,29+,31+,32-,34+,36+,37-/m11/s1. The smallest absolute Gasteiger partial charge is 0.311 e. The Morgan fingerprint density at radius 2 is 0.837 bits per heavy atom. The number of rotatable bonds is 12. The summed E-state index contributed by atoms with van der Waals surface area (Å²) >= 11 is 0. The van der Waals surface area contributed by atoms with Crippen molar-refractivity contribution in [2.24, 2.45) is 52.3 Å². The molecule has 23 nitrogen and oxygen atoms in total. The first-order valence-corrected chi connectivity index (χ1v) is 36.4. The first kappa shape index (κ1) is 82.1. The first-order valence-electron chi connectivity index (χ1n) is 36.4. The Kier molecular flexibility index (Phi) is 26.1. The van der Waals surface area contributed by atoms with Crippen LogP contribution in [0.3, 0.4) is 0 Å². The molecule has 6 saturated heterocycles. The number of fused-ring (bicyclic) bond motifs is 4. The highest BCUT2D eigenvalue weighted by molar-refractivity contribution is 5.92. The topological polar surface area (TPSA) is 287 Å². The van der Waals surface area contributed by atoms with E-state index in [0.29, 0.717) is 43.6 Å². The number of hydrogen-bond acceptors (Lipinski definition) is 23. The zero-order valence-corrected chi connectivity index (χ0v) is 64.3. The number of Topliss-reactive ketones (excluding diaryl/α,β-unsaturated/α-hetero) is 2. The summed E-state index contributed by atoms with van der Waals surface area (Å²) < 4.78 is 78.2. The van der Waals surface area contributed by atoms with Crippen LogP contribution in [0.15, 0.2) is 22.7 Å². The van der Waals surface area contributed by atoms with Gasteiger partial charge in [0.25, 0.3) is 0 Å². The molecule has 6 fully saturated rings. The number of hydrogen-bond donors (Lipinski definition) is 5. The fourth-order valence-corrected chi connectivity index (χ4v) is 17.5. The minimum absolute atomic E-state index is 0.00833. The number of allylic oxidation sites excluding steroid dienone is 2. The molecule has 0 unspecified atom stereocenters. The lowest BCUT2D eigenvalue weighted by Gasteiger charge is -2.49. The number of ketones is 2. The molecule has 0 saturated carbocycles. The largest absolute Gasteiger partial charge is 0.488 e. The predicted octanol–water partition coefficient (Wildman–Crippen LogP) is 8.72. The number of nitrogens with zero attached hydrogens (tertiary/aromatic N) is 2. The molecule has 0 aromatic rings. The molecule has 4 bridgehead atoms. The Hall–Kier alpha value is -3.24. The van der Waals surface area contributed by atoms with Crippen molar-refractivity contribution in [1.29, 1.82) is 0 Å². The molecule has 0 aliphatic carbocycles. The van der Waals surface area contributed by atoms with E-state index in [2.05, 4.69) is 32.8 Å². The second-order valence-electron chi connectivity index (χ2n) is 33.5. The summed E-state index contributed by atoms with van der Waals surface area (Å²) in [6.07, 6.45) is -8.71. The van der Waals surface area contributed by atoms with Crippen LogP contribution >= 0.6 is 0 Å². The van der Waals surface area contributed by atoms with Gasteiger partial charge in [0.1, 0.15) is 53.2 Å². The molecule has 98 heavy (non-hydrogen) atoms. The monoisotopic (exact) mass is 1390 g/mol. The van der Waals surface area contributed by atoms with Crippen molar-refractivity contribution in [3.8, 4) is 0 Å². The summed E-state index contributed by atoms with van der Waals surface area (Å²) in [7, 11) is 7.94. The van der Waals surface area contributed by atoms with Gasteiger partial charge in [0.05, 0.1) is 72.5 Å². The molecule has 0 spiro atoms. The molecule has 0 amide bonds. The zero-order valence-electron chi connectivity index (χ0n) is 64.3. The SMILES string of the molecule is CC[C@H]1OC(=O)[C@H](C)[C@@H](O[C@H]2CC(C)(C)[C@@H](O)[C@H](C)O2)[C@H](C)[C@@H](O[C@@H]2O[C@H](C)C[C@H](N(C)C)[C@H]2C)[C@]2(C)CC(C)=C(O2)[C@H](C)C(=O)[C@]1(C)O.CC[C@H]1OC(=O)[C@H](C)[C@@H](O[C@H]2CC(C)(C)[C@@H](O)[C@H](C)O2)[C@H](C)[C@@H](O[C@@H]2O[C@H](C)C[C@H](N(C)C)[C@H]2O)[C@]2(C)CC(C)=C(O2)[C@H](C)C(=O)[C@]1(C)O. The van der Waals surface area contributed by atoms with Gasteiger partial charge in [0.15, 0.2) is 47.9 Å². The van der Waals surface area contributed by atoms with Crippen LogP contribution in [0.5, 0.6) is 0 Å². The fraction of sp³-hybridized carbons (Fsp3) is 0.893. The van der Waals surface area contributed by atoms with Gasteiger partial charge in [-0.25, -0.2) is 0 Å². The van der Waals surface area contributed by atoms with Crippen molar-refractivity contribution >= 4 is 23.5 Å². The summed E-state index contributed by atoms with van der Waals surface area (Å²) in [6.45, 7) is 42.4. The van der Waals surface area contributed by atoms with Crippen molar-refractivity contribution in [1.82, 2.24) is 9.80 Å². The molecule has 0 aromatic carbocycles. The summed E-state index contributed by atoms with van der Waals surface area (Å²) in [5.41, 5.74) is -5.34. The number of likely N-dealkylation sites (N-methyl/N-ethyl adjacent to an activating group) is 1. The Morgan fingerprint density at radius 1 is 0.490 bits per heavy atom. The molecular formula is C75H128N2O21. The Bertz CT molecular complexity index is 2650. The van der Waals surface area contributed by atoms with Crippen LogP contribution < -0.4 is 0 Å². The maximum absolute atomic E-state index is 14.1. The molecule has 8 heterocycles. The van der Waals surface area contributed by atoms with Crippen LogP contribution in [0.2, 0.25) is 0 Å². The first-order chi connectivity index (χ1) is 45.1. The molecule has 23 heteroatoms. The minimum Gasteiger partial charge on any atom is -0.488 e. The number of cyclic esters (lactones) is 2. The summed E-state index contributed by atoms with van der Waals surface area (Å²) in [5.74, 6) is -5.78. The fourth-order valence-electron chi connectivity index (χ4n) is 17.5. The van der Waals surface area contributed by atoms with Gasteiger partial charge in [-0.1, -0.05) is 62.3 Å². The van der Waals surface area contributed by atoms with Crippen LogP contribution in [-0.4, -0.2) is 226 Å². The van der Waals surface area contributed by atoms with E-state index in [9.17, 15) is 44.7 Å². The van der Waals surface area contributed by atoms with Crippen LogP contribution in [0.25, 0.3) is 0 Å². The lowest BCUT2D eigenvalue weighted by atomic mass is 9.77. The Morgan fingerprint density at radius 3 is 1.18 bits per heavy atom. The Labute approximate surface area is 585 Å². The Balaban J connectivity index is 0.000000276. The van der Waals surface area contributed by atoms with E-state index in [0.717, 1.165) is 17.6 Å². The van der Waals surface area contributed by atoms with E-state index in [1.54, 1.807) is 48.5 Å². The number of aliphatic hydroxyl groups is 5. The maximum atomic E-state index is 14.1. The van der Waals surface area contributed by atoms with E-state index < -0.39 is 185 Å². The number of aliphatic hydroxyl groups excluding tert-OH is 3. The molecule has 0 radical (unpaired) electrons. The molecule has 5 N–H and O–H groups in total. The molecule has 564 valence electrons. The minimum atomic E-state index is -2.00. The second-order valence-corrected chi connectivity index (χ2v) is 33.5. The third-order valence-corrected chi connectivity index (χ3v) is 23.5. The lowest BCUT2D eigenvalue weighted by Crippen LogP contribution is -2.59. The van der Waals surface area contributed by atoms with Crippen molar-refractivity contribution in [3.05, 3.63) is 22.7 Å². The van der Waals surface area contributed by atoms with Gasteiger partial charge in [0.2, 0.25) is 0 Å². The summed E-state index contributed by atoms with van der Waals surface area (Å²) in [5, 5.41) is 56.5. The van der Waals surface area contributed by atoms with Gasteiger partial charge in [-0.15, -0.1) is 0 Å². The molecule has 30 atom stereocenters. The second kappa shape index (κ2) is 31.2. The average Bonchev–Trinajstić information content (AvgIpc) is 1.57. The normalized spacial score (nSPS) is 46.8. The quantitative estimate of drug-likeness (QED) is 0.114. The van der Waals surface area contributed by atoms with E-state index in [-0.39, 0.29) is 43.1 Å². The van der Waals surface area contributed by atoms with Crippen molar-refractivity contribution in [2.45, 2.75) is 350 Å². The van der Waals surface area contributed by atoms with Crippen molar-refractivity contribution < 1.29 is 102 Å². The molecular weight excluding hydrogens is 1260 g/mol. The van der Waals surface area contributed by atoms with Crippen LogP contribution in [0, 0.1) is 52.3 Å². The highest BCUT2D eigenvalue weighted by Crippen LogP contribution is 2.50. The average molecular weight is 1390 g/mol. The van der Waals surface area contributed by atoms with Crippen LogP contribution in [0.1, 0.15) is 211 Å². The number of esters is 2.